The van der Waals surface area contributed by atoms with Gasteiger partial charge in [-0.15, -0.1) is 0 Å². The van der Waals surface area contributed by atoms with Crippen LogP contribution in [0.1, 0.15) is 158 Å². The average molecular weight is 539 g/mol. The van der Waals surface area contributed by atoms with Gasteiger partial charge in [0.1, 0.15) is 12.6 Å². The van der Waals surface area contributed by atoms with E-state index < -0.39 is 11.6 Å². The van der Waals surface area contributed by atoms with E-state index in [0.29, 0.717) is 18.7 Å². The van der Waals surface area contributed by atoms with Gasteiger partial charge in [-0.3, -0.25) is 14.4 Å². The summed E-state index contributed by atoms with van der Waals surface area (Å²) < 4.78 is 5.34. The average Bonchev–Trinajstić information content (AvgIpc) is 2.82. The second-order valence-electron chi connectivity index (χ2n) is 12.8. The van der Waals surface area contributed by atoms with E-state index in [4.69, 9.17) is 4.74 Å². The third kappa shape index (κ3) is 17.8. The fourth-order valence-corrected chi connectivity index (χ4v) is 5.01. The largest absolute Gasteiger partial charge is 0.463 e. The highest BCUT2D eigenvalue weighted by Gasteiger charge is 2.39. The van der Waals surface area contributed by atoms with Crippen LogP contribution in [0.4, 0.5) is 0 Å². The second kappa shape index (κ2) is 21.3. The number of amides is 2. The molecule has 6 heteroatoms. The number of esters is 1. The van der Waals surface area contributed by atoms with Gasteiger partial charge in [-0.25, -0.2) is 0 Å². The van der Waals surface area contributed by atoms with Gasteiger partial charge in [0.05, 0.1) is 0 Å². The molecular formula is C32H62N2O4. The summed E-state index contributed by atoms with van der Waals surface area (Å²) in [6.45, 7) is 14.7. The molecule has 0 aromatic carbocycles. The standard InChI is InChI=1S/C32H62N2O4/c1-8-9-10-11-12-13-14-15-16-17-18-19-20-21-22-23-29(36)38-25-28(33-26-35)30(37)34-32(6,7)31(4,5)24-27(2)3/h26-28H,8-25H2,1-7H3,(H,33,35)(H,34,37). The lowest BCUT2D eigenvalue weighted by Gasteiger charge is -2.44. The van der Waals surface area contributed by atoms with Crippen molar-refractivity contribution in [2.24, 2.45) is 11.3 Å². The van der Waals surface area contributed by atoms with Crippen LogP contribution in [0.2, 0.25) is 0 Å². The fourth-order valence-electron chi connectivity index (χ4n) is 5.01. The summed E-state index contributed by atoms with van der Waals surface area (Å²) in [5.41, 5.74) is -0.637. The van der Waals surface area contributed by atoms with Crippen LogP contribution in [0, 0.1) is 11.3 Å². The number of nitrogens with one attached hydrogen (secondary N) is 2. The Morgan fingerprint density at radius 2 is 1.21 bits per heavy atom. The maximum Gasteiger partial charge on any atom is 0.305 e. The van der Waals surface area contributed by atoms with Crippen molar-refractivity contribution in [3.05, 3.63) is 0 Å². The van der Waals surface area contributed by atoms with E-state index in [0.717, 1.165) is 25.7 Å². The first kappa shape index (κ1) is 36.4. The molecule has 0 heterocycles. The Hall–Kier alpha value is -1.59. The number of carbonyl (C=O) groups is 3. The Kier molecular flexibility index (Phi) is 20.4. The molecule has 0 saturated carbocycles. The molecule has 224 valence electrons. The summed E-state index contributed by atoms with van der Waals surface area (Å²) in [5, 5.41) is 5.56. The summed E-state index contributed by atoms with van der Waals surface area (Å²) in [6.07, 6.45) is 20.9. The van der Waals surface area contributed by atoms with Crippen LogP contribution in [-0.4, -0.2) is 36.5 Å². The maximum atomic E-state index is 12.9. The van der Waals surface area contributed by atoms with Gasteiger partial charge >= 0.3 is 5.97 Å². The Morgan fingerprint density at radius 3 is 1.63 bits per heavy atom. The lowest BCUT2D eigenvalue weighted by Crippen LogP contribution is -2.59. The first-order valence-corrected chi connectivity index (χ1v) is 15.6. The van der Waals surface area contributed by atoms with E-state index in [-0.39, 0.29) is 23.9 Å². The molecule has 0 fully saturated rings. The van der Waals surface area contributed by atoms with Gasteiger partial charge in [-0.1, -0.05) is 125 Å². The topological polar surface area (TPSA) is 84.5 Å². The van der Waals surface area contributed by atoms with E-state index in [1.165, 1.54) is 77.0 Å². The number of hydrogen-bond acceptors (Lipinski definition) is 4. The maximum absolute atomic E-state index is 12.9. The van der Waals surface area contributed by atoms with Crippen molar-refractivity contribution in [3.63, 3.8) is 0 Å². The van der Waals surface area contributed by atoms with E-state index in [1.54, 1.807) is 0 Å². The third-order valence-corrected chi connectivity index (χ3v) is 8.03. The van der Waals surface area contributed by atoms with Crippen LogP contribution in [0.15, 0.2) is 0 Å². The molecule has 0 radical (unpaired) electrons. The Balaban J connectivity index is 4.03. The molecule has 2 amide bonds. The minimum absolute atomic E-state index is 0.146. The van der Waals surface area contributed by atoms with Crippen molar-refractivity contribution in [3.8, 4) is 0 Å². The molecule has 0 aliphatic heterocycles. The summed E-state index contributed by atoms with van der Waals surface area (Å²) in [4.78, 5) is 36.2. The molecular weight excluding hydrogens is 476 g/mol. The Labute approximate surface area is 235 Å². The van der Waals surface area contributed by atoms with Crippen LogP contribution < -0.4 is 10.6 Å². The monoisotopic (exact) mass is 538 g/mol. The quantitative estimate of drug-likeness (QED) is 0.0703. The highest BCUT2D eigenvalue weighted by molar-refractivity contribution is 5.84. The Morgan fingerprint density at radius 1 is 0.763 bits per heavy atom. The molecule has 38 heavy (non-hydrogen) atoms. The molecule has 0 saturated heterocycles. The van der Waals surface area contributed by atoms with Gasteiger partial charge in [-0.2, -0.15) is 0 Å². The number of rotatable bonds is 25. The molecule has 0 rings (SSSR count). The smallest absolute Gasteiger partial charge is 0.305 e. The predicted octanol–water partition coefficient (Wildman–Crippen LogP) is 7.87. The van der Waals surface area contributed by atoms with Crippen LogP contribution in [0.5, 0.6) is 0 Å². The number of carbonyl (C=O) groups excluding carboxylic acids is 3. The van der Waals surface area contributed by atoms with Crippen LogP contribution in [0.25, 0.3) is 0 Å². The zero-order valence-electron chi connectivity index (χ0n) is 26.1. The van der Waals surface area contributed by atoms with E-state index >= 15 is 0 Å². The molecule has 0 aliphatic carbocycles. The van der Waals surface area contributed by atoms with Crippen molar-refractivity contribution in [2.45, 2.75) is 169 Å². The van der Waals surface area contributed by atoms with E-state index in [9.17, 15) is 14.4 Å². The van der Waals surface area contributed by atoms with Crippen LogP contribution in [-0.2, 0) is 19.1 Å². The molecule has 6 nitrogen and oxygen atoms in total. The van der Waals surface area contributed by atoms with Crippen molar-refractivity contribution >= 4 is 18.3 Å². The molecule has 0 aromatic rings. The van der Waals surface area contributed by atoms with Gasteiger partial charge in [0.15, 0.2) is 0 Å². The van der Waals surface area contributed by atoms with Gasteiger partial charge < -0.3 is 15.4 Å². The highest BCUT2D eigenvalue weighted by atomic mass is 16.5. The van der Waals surface area contributed by atoms with Gasteiger partial charge in [-0.05, 0) is 38.0 Å². The Bertz CT molecular complexity index is 631. The summed E-state index contributed by atoms with van der Waals surface area (Å²) in [7, 11) is 0. The van der Waals surface area contributed by atoms with Crippen molar-refractivity contribution in [1.29, 1.82) is 0 Å². The van der Waals surface area contributed by atoms with Crippen molar-refractivity contribution in [2.75, 3.05) is 6.61 Å². The molecule has 0 aromatic heterocycles. The van der Waals surface area contributed by atoms with Gasteiger partial charge in [0.2, 0.25) is 12.3 Å². The predicted molar refractivity (Wildman–Crippen MR) is 159 cm³/mol. The zero-order valence-corrected chi connectivity index (χ0v) is 26.1. The third-order valence-electron chi connectivity index (χ3n) is 8.03. The number of hydrogen-bond donors (Lipinski definition) is 2. The summed E-state index contributed by atoms with van der Waals surface area (Å²) in [5.74, 6) is -0.158. The SMILES string of the molecule is CCCCCCCCCCCCCCCCCC(=O)OCC(NC=O)C(=O)NC(C)(C)C(C)(C)CC(C)C. The van der Waals surface area contributed by atoms with Crippen LogP contribution >= 0.6 is 0 Å². The van der Waals surface area contributed by atoms with Crippen molar-refractivity contribution < 1.29 is 19.1 Å². The summed E-state index contributed by atoms with van der Waals surface area (Å²) in [6, 6.07) is -0.897. The summed E-state index contributed by atoms with van der Waals surface area (Å²) >= 11 is 0. The minimum Gasteiger partial charge on any atom is -0.463 e. The molecule has 0 spiro atoms. The van der Waals surface area contributed by atoms with Crippen molar-refractivity contribution in [1.82, 2.24) is 10.6 Å². The molecule has 0 aliphatic rings. The lowest BCUT2D eigenvalue weighted by atomic mass is 9.69. The normalized spacial score (nSPS) is 12.8. The van der Waals surface area contributed by atoms with E-state index in [2.05, 4.69) is 45.3 Å². The number of unbranched alkanes of at least 4 members (excludes halogenated alkanes) is 14. The van der Waals surface area contributed by atoms with Gasteiger partial charge in [0, 0.05) is 12.0 Å². The minimum atomic E-state index is -0.897. The second-order valence-corrected chi connectivity index (χ2v) is 12.8. The van der Waals surface area contributed by atoms with Crippen LogP contribution in [0.3, 0.4) is 0 Å². The zero-order chi connectivity index (χ0) is 28.9. The van der Waals surface area contributed by atoms with E-state index in [1.807, 2.05) is 13.8 Å². The first-order chi connectivity index (χ1) is 18.0. The lowest BCUT2D eigenvalue weighted by molar-refractivity contribution is -0.146. The van der Waals surface area contributed by atoms with Gasteiger partial charge in [0.25, 0.3) is 0 Å². The fraction of sp³-hybridized carbons (Fsp3) is 0.906. The number of ether oxygens (including phenoxy) is 1. The molecule has 2 N–H and O–H groups in total. The first-order valence-electron chi connectivity index (χ1n) is 15.6. The highest BCUT2D eigenvalue weighted by Crippen LogP contribution is 2.36. The molecule has 0 bridgehead atoms. The molecule has 1 atom stereocenters. The molecule has 1 unspecified atom stereocenters.